The lowest BCUT2D eigenvalue weighted by Gasteiger charge is -2.09. The van der Waals surface area contributed by atoms with Gasteiger partial charge in [0.2, 0.25) is 0 Å². The van der Waals surface area contributed by atoms with Gasteiger partial charge in [-0.3, -0.25) is 0 Å². The van der Waals surface area contributed by atoms with E-state index in [0.717, 1.165) is 29.6 Å². The van der Waals surface area contributed by atoms with E-state index in [2.05, 4.69) is 9.88 Å². The molecule has 1 aromatic heterocycles. The van der Waals surface area contributed by atoms with E-state index >= 15 is 0 Å². The minimum Gasteiger partial charge on any atom is -0.504 e. The van der Waals surface area contributed by atoms with Crippen molar-refractivity contribution in [1.29, 1.82) is 0 Å². The number of aromatic nitrogens is 1. The van der Waals surface area contributed by atoms with Crippen molar-refractivity contribution in [2.45, 2.75) is 13.3 Å². The molecule has 4 heteroatoms. The number of aromatic amines is 1. The van der Waals surface area contributed by atoms with Crippen LogP contribution in [0.4, 0.5) is 4.39 Å². The molecule has 0 bridgehead atoms. The molecule has 1 heterocycles. The van der Waals surface area contributed by atoms with Gasteiger partial charge in [0, 0.05) is 18.1 Å². The van der Waals surface area contributed by atoms with Crippen LogP contribution in [-0.4, -0.2) is 35.6 Å². The zero-order chi connectivity index (χ0) is 12.6. The first-order valence-electron chi connectivity index (χ1n) is 5.63. The number of fused-ring (bicyclic) bond motifs is 1. The van der Waals surface area contributed by atoms with E-state index in [1.54, 1.807) is 0 Å². The Bertz CT molecular complexity index is 546. The lowest BCUT2D eigenvalue weighted by molar-refractivity contribution is 0.413. The molecule has 0 radical (unpaired) electrons. The first-order chi connectivity index (χ1) is 8.00. The molecule has 2 rings (SSSR count). The fourth-order valence-corrected chi connectivity index (χ4v) is 2.04. The highest BCUT2D eigenvalue weighted by molar-refractivity contribution is 5.91. The van der Waals surface area contributed by atoms with E-state index in [-0.39, 0.29) is 5.75 Å². The van der Waals surface area contributed by atoms with E-state index in [0.29, 0.717) is 5.39 Å². The molecule has 0 fully saturated rings. The minimum absolute atomic E-state index is 0.249. The zero-order valence-electron chi connectivity index (χ0n) is 10.3. The van der Waals surface area contributed by atoms with Gasteiger partial charge in [-0.05, 0) is 44.6 Å². The lowest BCUT2D eigenvalue weighted by Crippen LogP contribution is -2.14. The second kappa shape index (κ2) is 4.37. The van der Waals surface area contributed by atoms with Crippen LogP contribution in [-0.2, 0) is 6.42 Å². The molecule has 0 spiro atoms. The van der Waals surface area contributed by atoms with Crippen molar-refractivity contribution in [3.63, 3.8) is 0 Å². The van der Waals surface area contributed by atoms with Crippen LogP contribution in [0.1, 0.15) is 11.1 Å². The first kappa shape index (κ1) is 11.9. The monoisotopic (exact) mass is 236 g/mol. The van der Waals surface area contributed by atoms with Gasteiger partial charge >= 0.3 is 0 Å². The Morgan fingerprint density at radius 1 is 1.41 bits per heavy atom. The molecule has 0 amide bonds. The highest BCUT2D eigenvalue weighted by Crippen LogP contribution is 2.33. The second-order valence-electron chi connectivity index (χ2n) is 4.64. The Labute approximate surface area is 99.9 Å². The Hall–Kier alpha value is -1.55. The normalized spacial score (nSPS) is 11.6. The largest absolute Gasteiger partial charge is 0.504 e. The van der Waals surface area contributed by atoms with Crippen LogP contribution in [0.5, 0.6) is 5.75 Å². The van der Waals surface area contributed by atoms with Crippen molar-refractivity contribution in [3.8, 4) is 5.75 Å². The summed E-state index contributed by atoms with van der Waals surface area (Å²) in [6.07, 6.45) is 2.63. The van der Waals surface area contributed by atoms with Gasteiger partial charge < -0.3 is 15.0 Å². The van der Waals surface area contributed by atoms with Crippen LogP contribution in [0.2, 0.25) is 0 Å². The summed E-state index contributed by atoms with van der Waals surface area (Å²) in [7, 11) is 3.97. The summed E-state index contributed by atoms with van der Waals surface area (Å²) in [5.74, 6) is -0.804. The average Bonchev–Trinajstić information content (AvgIpc) is 2.67. The lowest BCUT2D eigenvalue weighted by atomic mass is 10.1. The fraction of sp³-hybridized carbons (Fsp3) is 0.385. The first-order valence-corrected chi connectivity index (χ1v) is 5.63. The summed E-state index contributed by atoms with van der Waals surface area (Å²) in [4.78, 5) is 5.16. The molecule has 2 aromatic rings. The van der Waals surface area contributed by atoms with Gasteiger partial charge in [0.15, 0.2) is 11.6 Å². The van der Waals surface area contributed by atoms with Gasteiger partial charge in [0.1, 0.15) is 0 Å². The number of hydrogen-bond acceptors (Lipinski definition) is 2. The van der Waals surface area contributed by atoms with Crippen molar-refractivity contribution < 1.29 is 9.50 Å². The van der Waals surface area contributed by atoms with E-state index < -0.39 is 5.82 Å². The number of halogens is 1. The molecule has 0 saturated carbocycles. The molecular weight excluding hydrogens is 219 g/mol. The Balaban J connectivity index is 2.51. The van der Waals surface area contributed by atoms with Crippen LogP contribution in [0, 0.1) is 12.7 Å². The number of benzene rings is 1. The molecule has 2 N–H and O–H groups in total. The quantitative estimate of drug-likeness (QED) is 0.859. The van der Waals surface area contributed by atoms with Crippen LogP contribution in [0.15, 0.2) is 12.3 Å². The van der Waals surface area contributed by atoms with Gasteiger partial charge in [0.05, 0.1) is 5.52 Å². The van der Waals surface area contributed by atoms with E-state index in [1.165, 1.54) is 6.07 Å². The maximum absolute atomic E-state index is 13.5. The maximum atomic E-state index is 13.5. The van der Waals surface area contributed by atoms with Gasteiger partial charge in [-0.2, -0.15) is 0 Å². The number of H-pyrrole nitrogens is 1. The van der Waals surface area contributed by atoms with E-state index in [1.807, 2.05) is 27.2 Å². The highest BCUT2D eigenvalue weighted by Gasteiger charge is 2.14. The molecule has 0 saturated heterocycles. The fourth-order valence-electron chi connectivity index (χ4n) is 2.04. The van der Waals surface area contributed by atoms with Crippen molar-refractivity contribution >= 4 is 10.9 Å². The summed E-state index contributed by atoms with van der Waals surface area (Å²) < 4.78 is 13.5. The van der Waals surface area contributed by atoms with Crippen LogP contribution in [0.25, 0.3) is 10.9 Å². The number of aromatic hydroxyl groups is 1. The summed E-state index contributed by atoms with van der Waals surface area (Å²) in [6.45, 7) is 2.69. The third-order valence-electron chi connectivity index (χ3n) is 2.99. The van der Waals surface area contributed by atoms with E-state index in [9.17, 15) is 9.50 Å². The number of hydrogen-bond donors (Lipinski definition) is 2. The Morgan fingerprint density at radius 3 is 2.76 bits per heavy atom. The molecule has 0 aliphatic carbocycles. The van der Waals surface area contributed by atoms with Gasteiger partial charge in [0.25, 0.3) is 0 Å². The van der Waals surface area contributed by atoms with Gasteiger partial charge in [-0.1, -0.05) is 0 Å². The summed E-state index contributed by atoms with van der Waals surface area (Å²) in [5, 5.41) is 10.4. The molecule has 0 aliphatic rings. The number of likely N-dealkylation sites (N-methyl/N-ethyl adjacent to an activating group) is 1. The number of phenolic OH excluding ortho intramolecular Hbond substituents is 1. The van der Waals surface area contributed by atoms with Crippen molar-refractivity contribution in [3.05, 3.63) is 29.2 Å². The molecule has 0 atom stereocenters. The SMILES string of the molecule is Cc1cc(F)c(O)c2c(CCN(C)C)c[nH]c12. The van der Waals surface area contributed by atoms with Crippen molar-refractivity contribution in [2.75, 3.05) is 20.6 Å². The molecule has 17 heavy (non-hydrogen) atoms. The third-order valence-corrected chi connectivity index (χ3v) is 2.99. The summed E-state index contributed by atoms with van der Waals surface area (Å²) >= 11 is 0. The number of rotatable bonds is 3. The highest BCUT2D eigenvalue weighted by atomic mass is 19.1. The number of nitrogens with one attached hydrogen (secondary N) is 1. The predicted octanol–water partition coefficient (Wildman–Crippen LogP) is 2.43. The Kier molecular flexibility index (Phi) is 3.07. The standard InChI is InChI=1S/C13H17FN2O/c1-8-6-10(14)13(17)11-9(4-5-16(2)3)7-15-12(8)11/h6-7,15,17H,4-5H2,1-3H3. The van der Waals surface area contributed by atoms with Crippen LogP contribution in [0.3, 0.4) is 0 Å². The smallest absolute Gasteiger partial charge is 0.165 e. The molecule has 3 nitrogen and oxygen atoms in total. The summed E-state index contributed by atoms with van der Waals surface area (Å²) in [6, 6.07) is 1.35. The number of phenols is 1. The van der Waals surface area contributed by atoms with Crippen LogP contribution < -0.4 is 0 Å². The molecular formula is C13H17FN2O. The van der Waals surface area contributed by atoms with Crippen molar-refractivity contribution in [1.82, 2.24) is 9.88 Å². The minimum atomic E-state index is -0.555. The summed E-state index contributed by atoms with van der Waals surface area (Å²) in [5.41, 5.74) is 2.58. The molecule has 0 aliphatic heterocycles. The number of aryl methyl sites for hydroxylation is 1. The molecule has 0 unspecified atom stereocenters. The maximum Gasteiger partial charge on any atom is 0.165 e. The number of nitrogens with zero attached hydrogens (tertiary/aromatic N) is 1. The molecule has 1 aromatic carbocycles. The topological polar surface area (TPSA) is 39.3 Å². The van der Waals surface area contributed by atoms with Gasteiger partial charge in [-0.15, -0.1) is 0 Å². The predicted molar refractivity (Wildman–Crippen MR) is 66.9 cm³/mol. The van der Waals surface area contributed by atoms with E-state index in [4.69, 9.17) is 0 Å². The van der Waals surface area contributed by atoms with Crippen molar-refractivity contribution in [2.24, 2.45) is 0 Å². The van der Waals surface area contributed by atoms with Crippen LogP contribution >= 0.6 is 0 Å². The third kappa shape index (κ3) is 2.13. The average molecular weight is 236 g/mol. The molecule has 92 valence electrons. The zero-order valence-corrected chi connectivity index (χ0v) is 10.3. The Morgan fingerprint density at radius 2 is 2.12 bits per heavy atom. The van der Waals surface area contributed by atoms with Gasteiger partial charge in [-0.25, -0.2) is 4.39 Å². The second-order valence-corrected chi connectivity index (χ2v) is 4.64.